The van der Waals surface area contributed by atoms with Crippen LogP contribution in [-0.2, 0) is 9.09 Å². The molecule has 1 aliphatic rings. The molecule has 0 spiro atoms. The summed E-state index contributed by atoms with van der Waals surface area (Å²) >= 11 is 1.04. The fourth-order valence-electron chi connectivity index (χ4n) is 1.45. The van der Waals surface area contributed by atoms with E-state index in [1.165, 1.54) is 7.11 Å². The van der Waals surface area contributed by atoms with Crippen molar-refractivity contribution in [2.75, 3.05) is 26.5 Å². The third-order valence-corrected chi connectivity index (χ3v) is 5.95. The molecule has 0 saturated carbocycles. The lowest BCUT2D eigenvalue weighted by Gasteiger charge is -2.28. The number of hydrogen-bond acceptors (Lipinski definition) is 4. The maximum Gasteiger partial charge on any atom is 0.354 e. The fourth-order valence-corrected chi connectivity index (χ4v) is 3.11. The summed E-state index contributed by atoms with van der Waals surface area (Å²) in [7, 11) is 1.34. The van der Waals surface area contributed by atoms with Gasteiger partial charge in [0.15, 0.2) is 0 Å². The van der Waals surface area contributed by atoms with E-state index in [1.54, 1.807) is 11.2 Å². The summed E-state index contributed by atoms with van der Waals surface area (Å²) in [6.07, 6.45) is 4.85. The first-order valence-electron chi connectivity index (χ1n) is 4.90. The highest BCUT2D eigenvalue weighted by atomic mass is 32.7. The summed E-state index contributed by atoms with van der Waals surface area (Å²) in [5.41, 5.74) is 0. The minimum atomic E-state index is -3.03. The highest BCUT2D eigenvalue weighted by Crippen LogP contribution is 2.53. The van der Waals surface area contributed by atoms with Crippen LogP contribution in [0.5, 0.6) is 0 Å². The number of carbonyl (C=O) groups is 1. The molecule has 1 aliphatic heterocycles. The molecular formula is C8H17N2O3PS. The maximum absolute atomic E-state index is 11.8. The molecule has 2 amide bonds. The molecule has 0 bridgehead atoms. The first-order valence-corrected chi connectivity index (χ1v) is 8.35. The molecule has 0 aromatic rings. The smallest absolute Gasteiger partial charge is 0.324 e. The van der Waals surface area contributed by atoms with Crippen LogP contribution in [0.15, 0.2) is 0 Å². The number of nitrogens with one attached hydrogen (secondary N) is 1. The van der Waals surface area contributed by atoms with Crippen LogP contribution < -0.4 is 5.09 Å². The predicted molar refractivity (Wildman–Crippen MR) is 62.1 cm³/mol. The Morgan fingerprint density at radius 1 is 1.40 bits per heavy atom. The van der Waals surface area contributed by atoms with Crippen LogP contribution in [-0.4, -0.2) is 37.4 Å². The van der Waals surface area contributed by atoms with Crippen LogP contribution in [0.1, 0.15) is 19.3 Å². The van der Waals surface area contributed by atoms with Crippen LogP contribution in [0, 0.1) is 0 Å². The van der Waals surface area contributed by atoms with Crippen molar-refractivity contribution in [2.24, 2.45) is 0 Å². The average Bonchev–Trinajstić information content (AvgIpc) is 2.30. The third kappa shape index (κ3) is 3.70. The Kier molecular flexibility index (Phi) is 4.96. The Hall–Kier alpha value is -0.190. The van der Waals surface area contributed by atoms with Crippen LogP contribution in [0.2, 0.25) is 0 Å². The Morgan fingerprint density at radius 2 is 2.00 bits per heavy atom. The topological polar surface area (TPSA) is 58.6 Å². The number of nitrogens with zero attached hydrogens (tertiary/aromatic N) is 1. The number of rotatable bonds is 3. The molecule has 0 aromatic carbocycles. The Balaban J connectivity index is 2.49. The van der Waals surface area contributed by atoms with E-state index in [1.807, 2.05) is 0 Å². The van der Waals surface area contributed by atoms with Gasteiger partial charge in [0.1, 0.15) is 0 Å². The molecule has 0 aromatic heterocycles. The van der Waals surface area contributed by atoms with Gasteiger partial charge in [0.2, 0.25) is 0 Å². The van der Waals surface area contributed by atoms with Gasteiger partial charge in [0, 0.05) is 20.2 Å². The summed E-state index contributed by atoms with van der Waals surface area (Å²) < 4.78 is 16.6. The van der Waals surface area contributed by atoms with E-state index in [9.17, 15) is 9.36 Å². The zero-order valence-corrected chi connectivity index (χ0v) is 10.8. The van der Waals surface area contributed by atoms with E-state index in [4.69, 9.17) is 4.52 Å². The van der Waals surface area contributed by atoms with Gasteiger partial charge in [0.25, 0.3) is 0 Å². The SMILES string of the molecule is COP(=O)(NC(=O)N1CCCCC1)SC. The third-order valence-electron chi connectivity index (χ3n) is 2.36. The molecule has 1 atom stereocenters. The van der Waals surface area contributed by atoms with Crippen molar-refractivity contribution in [1.29, 1.82) is 0 Å². The minimum absolute atomic E-state index is 0.283. The molecular weight excluding hydrogens is 235 g/mol. The summed E-state index contributed by atoms with van der Waals surface area (Å²) in [6, 6.07) is -0.283. The van der Waals surface area contributed by atoms with E-state index < -0.39 is 6.72 Å². The van der Waals surface area contributed by atoms with Gasteiger partial charge in [-0.3, -0.25) is 9.65 Å². The monoisotopic (exact) mass is 252 g/mol. The quantitative estimate of drug-likeness (QED) is 0.783. The van der Waals surface area contributed by atoms with Gasteiger partial charge in [-0.2, -0.15) is 0 Å². The molecule has 15 heavy (non-hydrogen) atoms. The second-order valence-corrected chi connectivity index (χ2v) is 7.81. The first kappa shape index (κ1) is 12.9. The molecule has 5 nitrogen and oxygen atoms in total. The molecule has 1 heterocycles. The molecule has 1 fully saturated rings. The van der Waals surface area contributed by atoms with Gasteiger partial charge in [-0.1, -0.05) is 11.4 Å². The number of carbonyl (C=O) groups excluding carboxylic acids is 1. The lowest BCUT2D eigenvalue weighted by molar-refractivity contribution is 0.191. The van der Waals surface area contributed by atoms with Gasteiger partial charge in [0.05, 0.1) is 0 Å². The lowest BCUT2D eigenvalue weighted by atomic mass is 10.1. The number of amides is 2. The zero-order chi connectivity index (χ0) is 11.3. The molecule has 1 rings (SSSR count). The van der Waals surface area contributed by atoms with Crippen LogP contribution in [0.25, 0.3) is 0 Å². The molecule has 1 unspecified atom stereocenters. The lowest BCUT2D eigenvalue weighted by Crippen LogP contribution is -2.41. The number of likely N-dealkylation sites (tertiary alicyclic amines) is 1. The van der Waals surface area contributed by atoms with E-state index >= 15 is 0 Å². The van der Waals surface area contributed by atoms with Crippen molar-refractivity contribution in [1.82, 2.24) is 9.99 Å². The van der Waals surface area contributed by atoms with Crippen LogP contribution in [0.4, 0.5) is 4.79 Å². The van der Waals surface area contributed by atoms with E-state index in [-0.39, 0.29) is 6.03 Å². The van der Waals surface area contributed by atoms with Gasteiger partial charge in [-0.05, 0) is 25.5 Å². The summed E-state index contributed by atoms with van der Waals surface area (Å²) in [4.78, 5) is 13.4. The Morgan fingerprint density at radius 3 is 2.47 bits per heavy atom. The zero-order valence-electron chi connectivity index (χ0n) is 9.06. The van der Waals surface area contributed by atoms with Crippen molar-refractivity contribution in [3.05, 3.63) is 0 Å². The fraction of sp³-hybridized carbons (Fsp3) is 0.875. The standard InChI is InChI=1S/C8H17N2O3PS/c1-13-14(12,15-2)9-8(11)10-6-4-3-5-7-10/h3-7H2,1-2H3,(H,9,11,12). The average molecular weight is 252 g/mol. The van der Waals surface area contributed by atoms with Crippen LogP contribution in [0.3, 0.4) is 0 Å². The number of urea groups is 1. The van der Waals surface area contributed by atoms with Gasteiger partial charge < -0.3 is 9.42 Å². The highest BCUT2D eigenvalue weighted by molar-refractivity contribution is 8.55. The van der Waals surface area contributed by atoms with Gasteiger partial charge in [-0.25, -0.2) is 4.79 Å². The van der Waals surface area contributed by atoms with Crippen molar-refractivity contribution in [3.8, 4) is 0 Å². The Bertz CT molecular complexity index is 261. The van der Waals surface area contributed by atoms with Crippen LogP contribution >= 0.6 is 18.1 Å². The van der Waals surface area contributed by atoms with Crippen molar-refractivity contribution >= 4 is 24.1 Å². The molecule has 1 N–H and O–H groups in total. The predicted octanol–water partition coefficient (Wildman–Crippen LogP) is 2.30. The van der Waals surface area contributed by atoms with Gasteiger partial charge in [-0.15, -0.1) is 0 Å². The summed E-state index contributed by atoms with van der Waals surface area (Å²) in [6.45, 7) is -1.55. The normalized spacial score (nSPS) is 20.8. The molecule has 1 saturated heterocycles. The molecule has 0 aliphatic carbocycles. The van der Waals surface area contributed by atoms with Crippen molar-refractivity contribution in [3.63, 3.8) is 0 Å². The molecule has 7 heteroatoms. The van der Waals surface area contributed by atoms with E-state index in [2.05, 4.69) is 5.09 Å². The number of hydrogen-bond donors (Lipinski definition) is 1. The second kappa shape index (κ2) is 5.77. The van der Waals surface area contributed by atoms with Crippen molar-refractivity contribution < 1.29 is 13.9 Å². The van der Waals surface area contributed by atoms with Crippen molar-refractivity contribution in [2.45, 2.75) is 19.3 Å². The summed E-state index contributed by atoms with van der Waals surface area (Å²) in [5.74, 6) is 0. The van der Waals surface area contributed by atoms with Gasteiger partial charge >= 0.3 is 12.8 Å². The largest absolute Gasteiger partial charge is 0.354 e. The minimum Gasteiger partial charge on any atom is -0.324 e. The second-order valence-electron chi connectivity index (χ2n) is 3.33. The van der Waals surface area contributed by atoms with E-state index in [0.717, 1.165) is 43.7 Å². The Labute approximate surface area is 94.2 Å². The van der Waals surface area contributed by atoms with E-state index in [0.29, 0.717) is 0 Å². The highest BCUT2D eigenvalue weighted by Gasteiger charge is 2.26. The molecule has 0 radical (unpaired) electrons. The molecule has 88 valence electrons. The number of piperidine rings is 1. The summed E-state index contributed by atoms with van der Waals surface area (Å²) in [5, 5.41) is 2.45. The maximum atomic E-state index is 11.8. The first-order chi connectivity index (χ1) is 7.11.